The van der Waals surface area contributed by atoms with Crippen LogP contribution in [0.25, 0.3) is 21.3 Å². The molecule has 136 valence electrons. The van der Waals surface area contributed by atoms with E-state index in [0.717, 1.165) is 43.4 Å². The van der Waals surface area contributed by atoms with Crippen LogP contribution in [-0.4, -0.2) is 47.6 Å². The molecular formula is C21H26N4S. The van der Waals surface area contributed by atoms with Crippen molar-refractivity contribution in [1.29, 1.82) is 0 Å². The molecule has 0 atom stereocenters. The minimum Gasteiger partial charge on any atom is -0.353 e. The van der Waals surface area contributed by atoms with Gasteiger partial charge in [-0.25, -0.2) is 9.97 Å². The molecule has 26 heavy (non-hydrogen) atoms. The fourth-order valence-electron chi connectivity index (χ4n) is 3.64. The monoisotopic (exact) mass is 366 g/mol. The number of hydrogen-bond donors (Lipinski definition) is 0. The van der Waals surface area contributed by atoms with Gasteiger partial charge in [-0.2, -0.15) is 0 Å². The highest BCUT2D eigenvalue weighted by Gasteiger charge is 2.21. The van der Waals surface area contributed by atoms with Crippen LogP contribution in [0.15, 0.2) is 36.0 Å². The lowest BCUT2D eigenvalue weighted by molar-refractivity contribution is 0.271. The lowest BCUT2D eigenvalue weighted by atomic mass is 9.99. The average molecular weight is 367 g/mol. The highest BCUT2D eigenvalue weighted by Crippen LogP contribution is 2.38. The van der Waals surface area contributed by atoms with E-state index in [1.165, 1.54) is 22.1 Å². The van der Waals surface area contributed by atoms with Crippen LogP contribution >= 0.6 is 11.3 Å². The first kappa shape index (κ1) is 17.4. The van der Waals surface area contributed by atoms with Crippen LogP contribution in [0.2, 0.25) is 0 Å². The minimum absolute atomic E-state index is 0.553. The zero-order chi connectivity index (χ0) is 18.1. The molecule has 0 amide bonds. The Bertz CT molecular complexity index is 877. The van der Waals surface area contributed by atoms with Gasteiger partial charge in [0.15, 0.2) is 0 Å². The lowest BCUT2D eigenvalue weighted by Gasteiger charge is -2.35. The van der Waals surface area contributed by atoms with Gasteiger partial charge in [-0.05, 0) is 23.6 Å². The number of likely N-dealkylation sites (N-methyl/N-ethyl adjacent to an activating group) is 1. The second-order valence-electron chi connectivity index (χ2n) is 7.22. The van der Waals surface area contributed by atoms with E-state index in [2.05, 4.69) is 70.2 Å². The van der Waals surface area contributed by atoms with Crippen molar-refractivity contribution in [1.82, 2.24) is 14.9 Å². The van der Waals surface area contributed by atoms with E-state index in [1.807, 2.05) is 0 Å². The van der Waals surface area contributed by atoms with Gasteiger partial charge in [0.25, 0.3) is 0 Å². The molecule has 0 aliphatic carbocycles. The molecule has 3 heterocycles. The number of nitrogens with zero attached hydrogens (tertiary/aromatic N) is 4. The minimum atomic E-state index is 0.553. The van der Waals surface area contributed by atoms with Crippen molar-refractivity contribution >= 4 is 27.4 Å². The Labute approximate surface area is 159 Å². The van der Waals surface area contributed by atoms with Crippen LogP contribution < -0.4 is 4.90 Å². The predicted molar refractivity (Wildman–Crippen MR) is 111 cm³/mol. The first-order valence-corrected chi connectivity index (χ1v) is 10.3. The van der Waals surface area contributed by atoms with Crippen molar-refractivity contribution < 1.29 is 0 Å². The van der Waals surface area contributed by atoms with E-state index < -0.39 is 0 Å². The maximum atomic E-state index is 4.69. The Kier molecular flexibility index (Phi) is 4.92. The first-order valence-electron chi connectivity index (χ1n) is 9.47. The number of thiophene rings is 1. The Hall–Kier alpha value is -1.98. The molecule has 4 nitrogen and oxygen atoms in total. The van der Waals surface area contributed by atoms with Crippen molar-refractivity contribution in [2.75, 3.05) is 37.6 Å². The van der Waals surface area contributed by atoms with Gasteiger partial charge in [0, 0.05) is 37.1 Å². The molecular weight excluding hydrogens is 340 g/mol. The van der Waals surface area contributed by atoms with Gasteiger partial charge in [-0.1, -0.05) is 45.0 Å². The molecule has 0 saturated carbocycles. The fourth-order valence-corrected chi connectivity index (χ4v) is 4.55. The molecule has 1 aliphatic heterocycles. The average Bonchev–Trinajstić information content (AvgIpc) is 3.12. The zero-order valence-corrected chi connectivity index (χ0v) is 16.6. The molecule has 0 bridgehead atoms. The number of benzene rings is 1. The summed E-state index contributed by atoms with van der Waals surface area (Å²) in [6.07, 6.45) is 1.71. The molecule has 4 rings (SSSR count). The molecule has 5 heteroatoms. The van der Waals surface area contributed by atoms with Crippen molar-refractivity contribution in [3.8, 4) is 11.1 Å². The predicted octanol–water partition coefficient (Wildman–Crippen LogP) is 4.62. The smallest absolute Gasteiger partial charge is 0.141 e. The summed E-state index contributed by atoms with van der Waals surface area (Å²) in [5, 5.41) is 3.44. The number of anilines is 1. The van der Waals surface area contributed by atoms with Gasteiger partial charge in [0.1, 0.15) is 17.0 Å². The van der Waals surface area contributed by atoms with Crippen molar-refractivity contribution in [2.24, 2.45) is 0 Å². The highest BCUT2D eigenvalue weighted by molar-refractivity contribution is 7.17. The topological polar surface area (TPSA) is 32.3 Å². The molecule has 2 aromatic heterocycles. The van der Waals surface area contributed by atoms with Gasteiger partial charge < -0.3 is 9.80 Å². The molecule has 0 N–H and O–H groups in total. The Balaban J connectivity index is 1.73. The summed E-state index contributed by atoms with van der Waals surface area (Å²) in [7, 11) is 0. The molecule has 3 aromatic rings. The second-order valence-corrected chi connectivity index (χ2v) is 8.08. The third kappa shape index (κ3) is 3.21. The van der Waals surface area contributed by atoms with Gasteiger partial charge in [-0.3, -0.25) is 0 Å². The third-order valence-electron chi connectivity index (χ3n) is 5.36. The summed E-state index contributed by atoms with van der Waals surface area (Å²) in [6, 6.07) is 8.96. The second kappa shape index (κ2) is 7.33. The molecule has 0 radical (unpaired) electrons. The third-order valence-corrected chi connectivity index (χ3v) is 6.24. The molecule has 0 unspecified atom stereocenters. The number of fused-ring (bicyclic) bond motifs is 1. The van der Waals surface area contributed by atoms with Gasteiger partial charge in [-0.15, -0.1) is 11.3 Å². The summed E-state index contributed by atoms with van der Waals surface area (Å²) in [5.74, 6) is 1.65. The SMILES string of the molecule is CCN1CCN(c2ncnc3scc(-c4ccc(C(C)C)cc4)c23)CC1. The standard InChI is InChI=1S/C21H26N4S/c1-4-24-9-11-25(12-10-24)20-19-18(13-26-21(19)23-14-22-20)17-7-5-16(6-8-17)15(2)3/h5-8,13-15H,4,9-12H2,1-3H3. The van der Waals surface area contributed by atoms with Crippen LogP contribution in [-0.2, 0) is 0 Å². The van der Waals surface area contributed by atoms with Crippen LogP contribution in [0, 0.1) is 0 Å². The van der Waals surface area contributed by atoms with Crippen LogP contribution in [0.5, 0.6) is 0 Å². The number of rotatable bonds is 4. The summed E-state index contributed by atoms with van der Waals surface area (Å²) in [6.45, 7) is 12.1. The van der Waals surface area contributed by atoms with Crippen LogP contribution in [0.1, 0.15) is 32.3 Å². The maximum absolute atomic E-state index is 4.69. The largest absolute Gasteiger partial charge is 0.353 e. The van der Waals surface area contributed by atoms with Gasteiger partial charge >= 0.3 is 0 Å². The Morgan fingerprint density at radius 2 is 1.77 bits per heavy atom. The summed E-state index contributed by atoms with van der Waals surface area (Å²) >= 11 is 1.71. The zero-order valence-electron chi connectivity index (χ0n) is 15.8. The van der Waals surface area contributed by atoms with Crippen LogP contribution in [0.3, 0.4) is 0 Å². The number of aromatic nitrogens is 2. The summed E-state index contributed by atoms with van der Waals surface area (Å²) < 4.78 is 0. The normalized spacial score (nSPS) is 15.9. The van der Waals surface area contributed by atoms with E-state index >= 15 is 0 Å². The Morgan fingerprint density at radius 1 is 1.04 bits per heavy atom. The van der Waals surface area contributed by atoms with Crippen molar-refractivity contribution in [3.05, 3.63) is 41.5 Å². The molecule has 1 aliphatic rings. The number of hydrogen-bond acceptors (Lipinski definition) is 5. The lowest BCUT2D eigenvalue weighted by Crippen LogP contribution is -2.46. The van der Waals surface area contributed by atoms with Crippen LogP contribution in [0.4, 0.5) is 5.82 Å². The fraction of sp³-hybridized carbons (Fsp3) is 0.429. The van der Waals surface area contributed by atoms with E-state index in [9.17, 15) is 0 Å². The van der Waals surface area contributed by atoms with Gasteiger partial charge in [0.05, 0.1) is 5.39 Å². The first-order chi connectivity index (χ1) is 12.7. The Morgan fingerprint density at radius 3 is 2.42 bits per heavy atom. The van der Waals surface area contributed by atoms with E-state index in [4.69, 9.17) is 0 Å². The van der Waals surface area contributed by atoms with E-state index in [-0.39, 0.29) is 0 Å². The van der Waals surface area contributed by atoms with Crippen molar-refractivity contribution in [2.45, 2.75) is 26.7 Å². The number of piperazine rings is 1. The maximum Gasteiger partial charge on any atom is 0.141 e. The van der Waals surface area contributed by atoms with E-state index in [1.54, 1.807) is 17.7 Å². The van der Waals surface area contributed by atoms with Crippen molar-refractivity contribution in [3.63, 3.8) is 0 Å². The molecule has 1 saturated heterocycles. The molecule has 0 spiro atoms. The summed E-state index contributed by atoms with van der Waals surface area (Å²) in [5.41, 5.74) is 3.89. The molecule has 1 fully saturated rings. The quantitative estimate of drug-likeness (QED) is 0.674. The van der Waals surface area contributed by atoms with Gasteiger partial charge in [0.2, 0.25) is 0 Å². The van der Waals surface area contributed by atoms with E-state index in [0.29, 0.717) is 5.92 Å². The summed E-state index contributed by atoms with van der Waals surface area (Å²) in [4.78, 5) is 15.2. The highest BCUT2D eigenvalue weighted by atomic mass is 32.1. The molecule has 1 aromatic carbocycles.